The number of nitrogens with zero attached hydrogens (tertiary/aromatic N) is 2. The lowest BCUT2D eigenvalue weighted by Gasteiger charge is -2.18. The summed E-state index contributed by atoms with van der Waals surface area (Å²) in [5.74, 6) is 0.0718. The second-order valence-corrected chi connectivity index (χ2v) is 5.64. The molecule has 0 N–H and O–H groups in total. The molecule has 1 aromatic carbocycles. The second-order valence-electron chi connectivity index (χ2n) is 4.78. The molecule has 3 nitrogen and oxygen atoms in total. The van der Waals surface area contributed by atoms with Gasteiger partial charge in [0.1, 0.15) is 0 Å². The molecule has 0 aliphatic heterocycles. The van der Waals surface area contributed by atoms with Crippen LogP contribution in [0.25, 0.3) is 0 Å². The first-order valence-electron chi connectivity index (χ1n) is 6.46. The summed E-state index contributed by atoms with van der Waals surface area (Å²) in [7, 11) is 1.82. The highest BCUT2D eigenvalue weighted by Gasteiger charge is 2.13. The first kappa shape index (κ1) is 14.7. The van der Waals surface area contributed by atoms with Crippen molar-refractivity contribution >= 4 is 21.8 Å². The fourth-order valence-corrected chi connectivity index (χ4v) is 2.36. The Bertz CT molecular complexity index is 613. The number of hydrogen-bond donors (Lipinski definition) is 0. The zero-order valence-corrected chi connectivity index (χ0v) is 13.2. The molecule has 0 bridgehead atoms. The summed E-state index contributed by atoms with van der Waals surface area (Å²) < 4.78 is 1.02. The lowest BCUT2D eigenvalue weighted by molar-refractivity contribution is -0.129. The molecule has 1 aromatic heterocycles. The molecule has 0 fully saturated rings. The minimum atomic E-state index is 0.0718. The SMILES string of the molecule is Cc1cccnc1CC(=O)N(C)Cc1ccccc1Br. The van der Waals surface area contributed by atoms with Crippen LogP contribution in [0.5, 0.6) is 0 Å². The largest absolute Gasteiger partial charge is 0.341 e. The molecular weight excluding hydrogens is 316 g/mol. The van der Waals surface area contributed by atoms with Gasteiger partial charge in [-0.25, -0.2) is 0 Å². The Labute approximate surface area is 127 Å². The van der Waals surface area contributed by atoms with E-state index in [0.29, 0.717) is 13.0 Å². The number of rotatable bonds is 4. The van der Waals surface area contributed by atoms with E-state index >= 15 is 0 Å². The summed E-state index contributed by atoms with van der Waals surface area (Å²) in [6, 6.07) is 11.8. The monoisotopic (exact) mass is 332 g/mol. The van der Waals surface area contributed by atoms with Crippen molar-refractivity contribution in [2.45, 2.75) is 19.9 Å². The van der Waals surface area contributed by atoms with E-state index in [4.69, 9.17) is 0 Å². The summed E-state index contributed by atoms with van der Waals surface area (Å²) in [6.07, 6.45) is 2.07. The van der Waals surface area contributed by atoms with Crippen LogP contribution in [-0.4, -0.2) is 22.8 Å². The smallest absolute Gasteiger partial charge is 0.228 e. The summed E-state index contributed by atoms with van der Waals surface area (Å²) in [5.41, 5.74) is 2.99. The Hall–Kier alpha value is -1.68. The van der Waals surface area contributed by atoms with Crippen molar-refractivity contribution in [3.63, 3.8) is 0 Å². The van der Waals surface area contributed by atoms with E-state index in [2.05, 4.69) is 20.9 Å². The van der Waals surface area contributed by atoms with Gasteiger partial charge in [-0.3, -0.25) is 9.78 Å². The summed E-state index contributed by atoms with van der Waals surface area (Å²) in [4.78, 5) is 18.2. The van der Waals surface area contributed by atoms with Gasteiger partial charge in [0.25, 0.3) is 0 Å². The van der Waals surface area contributed by atoms with E-state index < -0.39 is 0 Å². The molecule has 0 aliphatic rings. The van der Waals surface area contributed by atoms with Gasteiger partial charge >= 0.3 is 0 Å². The van der Waals surface area contributed by atoms with Crippen molar-refractivity contribution in [3.8, 4) is 0 Å². The maximum atomic E-state index is 12.3. The van der Waals surface area contributed by atoms with Gasteiger partial charge in [0.05, 0.1) is 12.1 Å². The van der Waals surface area contributed by atoms with Crippen LogP contribution >= 0.6 is 15.9 Å². The van der Waals surface area contributed by atoms with Crippen LogP contribution in [0.4, 0.5) is 0 Å². The average molecular weight is 333 g/mol. The molecular formula is C16H17BrN2O. The molecule has 0 aliphatic carbocycles. The van der Waals surface area contributed by atoms with Gasteiger partial charge < -0.3 is 4.90 Å². The molecule has 104 valence electrons. The number of benzene rings is 1. The number of carbonyl (C=O) groups is 1. The van der Waals surface area contributed by atoms with E-state index in [-0.39, 0.29) is 5.91 Å². The minimum absolute atomic E-state index is 0.0718. The van der Waals surface area contributed by atoms with E-state index in [1.54, 1.807) is 11.1 Å². The zero-order chi connectivity index (χ0) is 14.5. The molecule has 2 aromatic rings. The number of pyridine rings is 1. The Balaban J connectivity index is 2.03. The Kier molecular flexibility index (Phi) is 4.90. The summed E-state index contributed by atoms with van der Waals surface area (Å²) in [6.45, 7) is 2.57. The third kappa shape index (κ3) is 3.67. The van der Waals surface area contributed by atoms with Gasteiger partial charge in [0.2, 0.25) is 5.91 Å². The van der Waals surface area contributed by atoms with Crippen molar-refractivity contribution in [2.24, 2.45) is 0 Å². The molecule has 4 heteroatoms. The predicted molar refractivity (Wildman–Crippen MR) is 83.3 cm³/mol. The van der Waals surface area contributed by atoms with Crippen molar-refractivity contribution < 1.29 is 4.79 Å². The van der Waals surface area contributed by atoms with E-state index in [9.17, 15) is 4.79 Å². The number of halogens is 1. The van der Waals surface area contributed by atoms with Crippen LogP contribution in [0.1, 0.15) is 16.8 Å². The Morgan fingerprint density at radius 1 is 1.25 bits per heavy atom. The number of hydrogen-bond acceptors (Lipinski definition) is 2. The van der Waals surface area contributed by atoms with Gasteiger partial charge in [-0.2, -0.15) is 0 Å². The van der Waals surface area contributed by atoms with Gasteiger partial charge in [-0.1, -0.05) is 40.2 Å². The first-order chi connectivity index (χ1) is 9.58. The number of amides is 1. The third-order valence-corrected chi connectivity index (χ3v) is 4.00. The average Bonchev–Trinajstić information content (AvgIpc) is 2.43. The molecule has 0 unspecified atom stereocenters. The van der Waals surface area contributed by atoms with Gasteiger partial charge in [-0.15, -0.1) is 0 Å². The highest BCUT2D eigenvalue weighted by atomic mass is 79.9. The molecule has 1 heterocycles. The number of aromatic nitrogens is 1. The van der Waals surface area contributed by atoms with E-state index in [1.807, 2.05) is 50.4 Å². The molecule has 0 spiro atoms. The van der Waals surface area contributed by atoms with Crippen LogP contribution in [0, 0.1) is 6.92 Å². The van der Waals surface area contributed by atoms with Crippen LogP contribution in [0.15, 0.2) is 47.1 Å². The highest BCUT2D eigenvalue weighted by molar-refractivity contribution is 9.10. The van der Waals surface area contributed by atoms with E-state index in [1.165, 1.54) is 0 Å². The van der Waals surface area contributed by atoms with Crippen LogP contribution in [0.3, 0.4) is 0 Å². The lowest BCUT2D eigenvalue weighted by Crippen LogP contribution is -2.28. The first-order valence-corrected chi connectivity index (χ1v) is 7.25. The highest BCUT2D eigenvalue weighted by Crippen LogP contribution is 2.17. The second kappa shape index (κ2) is 6.66. The van der Waals surface area contributed by atoms with Crippen molar-refractivity contribution in [1.82, 2.24) is 9.88 Å². The topological polar surface area (TPSA) is 33.2 Å². The third-order valence-electron chi connectivity index (χ3n) is 3.23. The van der Waals surface area contributed by atoms with Crippen molar-refractivity contribution in [3.05, 3.63) is 63.9 Å². The summed E-state index contributed by atoms with van der Waals surface area (Å²) in [5, 5.41) is 0. The Morgan fingerprint density at radius 2 is 2.00 bits per heavy atom. The van der Waals surface area contributed by atoms with Crippen LogP contribution < -0.4 is 0 Å². The summed E-state index contributed by atoms with van der Waals surface area (Å²) >= 11 is 3.50. The fourth-order valence-electron chi connectivity index (χ4n) is 1.95. The molecule has 0 saturated carbocycles. The minimum Gasteiger partial charge on any atom is -0.341 e. The number of aryl methyl sites for hydroxylation is 1. The predicted octanol–water partition coefficient (Wildman–Crippen LogP) is 3.35. The van der Waals surface area contributed by atoms with E-state index in [0.717, 1.165) is 21.3 Å². The maximum absolute atomic E-state index is 12.3. The fraction of sp³-hybridized carbons (Fsp3) is 0.250. The molecule has 0 saturated heterocycles. The quantitative estimate of drug-likeness (QED) is 0.860. The van der Waals surface area contributed by atoms with Crippen LogP contribution in [0.2, 0.25) is 0 Å². The number of likely N-dealkylation sites (N-methyl/N-ethyl adjacent to an activating group) is 1. The molecule has 1 amide bonds. The molecule has 2 rings (SSSR count). The lowest BCUT2D eigenvalue weighted by atomic mass is 10.1. The van der Waals surface area contributed by atoms with Crippen LogP contribution in [-0.2, 0) is 17.8 Å². The normalized spacial score (nSPS) is 10.3. The van der Waals surface area contributed by atoms with Gasteiger partial charge in [-0.05, 0) is 30.2 Å². The molecule has 0 radical (unpaired) electrons. The zero-order valence-electron chi connectivity index (χ0n) is 11.6. The number of carbonyl (C=O) groups excluding carboxylic acids is 1. The Morgan fingerprint density at radius 3 is 2.70 bits per heavy atom. The van der Waals surface area contributed by atoms with Crippen molar-refractivity contribution in [2.75, 3.05) is 7.05 Å². The van der Waals surface area contributed by atoms with Gasteiger partial charge in [0, 0.05) is 24.3 Å². The standard InChI is InChI=1S/C16H17BrN2O/c1-12-6-5-9-18-15(12)10-16(20)19(2)11-13-7-3-4-8-14(13)17/h3-9H,10-11H2,1-2H3. The molecule has 0 atom stereocenters. The molecule has 20 heavy (non-hydrogen) atoms. The van der Waals surface area contributed by atoms with Gasteiger partial charge in [0.15, 0.2) is 0 Å². The maximum Gasteiger partial charge on any atom is 0.228 e. The van der Waals surface area contributed by atoms with Crippen molar-refractivity contribution in [1.29, 1.82) is 0 Å².